The Balaban J connectivity index is 3.23. The molecule has 4 nitrogen and oxygen atoms in total. The maximum absolute atomic E-state index is 12.0. The Labute approximate surface area is 108 Å². The van der Waals surface area contributed by atoms with Gasteiger partial charge in [-0.3, -0.25) is 4.79 Å². The number of halogens is 4. The number of alkyl halides is 3. The largest absolute Gasteiger partial charge is 0.573 e. The molecule has 0 aliphatic carbocycles. The number of carbonyl (C=O) groups is 1. The third-order valence-electron chi connectivity index (χ3n) is 1.82. The molecule has 1 N–H and O–H groups in total. The third-order valence-corrected chi connectivity index (χ3v) is 2.75. The van der Waals surface area contributed by atoms with E-state index in [1.165, 1.54) is 0 Å². The van der Waals surface area contributed by atoms with Gasteiger partial charge in [0.15, 0.2) is 0 Å². The van der Waals surface area contributed by atoms with Gasteiger partial charge in [-0.05, 0) is 33.6 Å². The lowest BCUT2D eigenvalue weighted by Crippen LogP contribution is -2.17. The van der Waals surface area contributed by atoms with Gasteiger partial charge in [-0.1, -0.05) is 0 Å². The first-order valence-electron chi connectivity index (χ1n) is 4.43. The van der Waals surface area contributed by atoms with Crippen LogP contribution in [0, 0.1) is 11.3 Å². The number of hydrogen-bond donors (Lipinski definition) is 1. The molecule has 0 amide bonds. The fraction of sp³-hybridized carbons (Fsp3) is 0.200. The van der Waals surface area contributed by atoms with Crippen LogP contribution in [0.1, 0.15) is 11.1 Å². The van der Waals surface area contributed by atoms with Gasteiger partial charge in [0.1, 0.15) is 11.8 Å². The second-order valence-corrected chi connectivity index (χ2v) is 3.97. The molecule has 0 fully saturated rings. The highest BCUT2D eigenvalue weighted by Gasteiger charge is 2.31. The Morgan fingerprint density at radius 2 is 2.11 bits per heavy atom. The van der Waals surface area contributed by atoms with Crippen molar-refractivity contribution >= 4 is 21.9 Å². The summed E-state index contributed by atoms with van der Waals surface area (Å²) in [6.45, 7) is 0. The van der Waals surface area contributed by atoms with E-state index in [0.717, 1.165) is 12.1 Å². The average Bonchev–Trinajstić information content (AvgIpc) is 2.19. The van der Waals surface area contributed by atoms with E-state index in [0.29, 0.717) is 0 Å². The normalized spacial score (nSPS) is 10.8. The summed E-state index contributed by atoms with van der Waals surface area (Å²) >= 11 is 2.96. The van der Waals surface area contributed by atoms with Gasteiger partial charge < -0.3 is 9.84 Å². The molecule has 0 atom stereocenters. The lowest BCUT2D eigenvalue weighted by molar-refractivity contribution is -0.274. The molecule has 0 aliphatic rings. The molecule has 0 spiro atoms. The van der Waals surface area contributed by atoms with Crippen LogP contribution >= 0.6 is 15.9 Å². The molecule has 0 saturated carbocycles. The molecule has 1 aromatic rings. The molecule has 1 aromatic carbocycles. The van der Waals surface area contributed by atoms with Crippen LogP contribution in [-0.4, -0.2) is 17.4 Å². The van der Waals surface area contributed by atoms with Crippen molar-refractivity contribution in [1.82, 2.24) is 0 Å². The second-order valence-electron chi connectivity index (χ2n) is 3.17. The molecule has 0 heterocycles. The predicted molar refractivity (Wildman–Crippen MR) is 56.9 cm³/mol. The summed E-state index contributed by atoms with van der Waals surface area (Å²) in [5.74, 6) is -1.86. The van der Waals surface area contributed by atoms with Crippen LogP contribution < -0.4 is 4.74 Å². The van der Waals surface area contributed by atoms with Crippen LogP contribution in [0.2, 0.25) is 0 Å². The molecule has 0 aromatic heterocycles. The maximum Gasteiger partial charge on any atom is 0.573 e. The average molecular weight is 324 g/mol. The summed E-state index contributed by atoms with van der Waals surface area (Å²) < 4.78 is 39.9. The quantitative estimate of drug-likeness (QED) is 0.928. The van der Waals surface area contributed by atoms with Crippen LogP contribution in [0.5, 0.6) is 5.75 Å². The van der Waals surface area contributed by atoms with Crippen LogP contribution in [0.4, 0.5) is 13.2 Å². The zero-order chi connectivity index (χ0) is 13.9. The van der Waals surface area contributed by atoms with Gasteiger partial charge in [-0.25, -0.2) is 0 Å². The molecule has 0 saturated heterocycles. The Hall–Kier alpha value is -1.75. The Bertz CT molecular complexity index is 522. The first-order chi connectivity index (χ1) is 8.23. The van der Waals surface area contributed by atoms with Crippen molar-refractivity contribution in [2.24, 2.45) is 0 Å². The summed E-state index contributed by atoms with van der Waals surface area (Å²) in [6, 6.07) is 3.45. The summed E-state index contributed by atoms with van der Waals surface area (Å²) in [4.78, 5) is 10.6. The van der Waals surface area contributed by atoms with E-state index in [1.807, 2.05) is 0 Å². The Morgan fingerprint density at radius 3 is 2.56 bits per heavy atom. The van der Waals surface area contributed by atoms with Gasteiger partial charge in [0.2, 0.25) is 0 Å². The summed E-state index contributed by atoms with van der Waals surface area (Å²) in [7, 11) is 0. The van der Waals surface area contributed by atoms with Crippen molar-refractivity contribution < 1.29 is 27.8 Å². The number of nitriles is 1. The maximum atomic E-state index is 12.0. The number of benzene rings is 1. The van der Waals surface area contributed by atoms with Crippen molar-refractivity contribution in [3.8, 4) is 11.8 Å². The zero-order valence-corrected chi connectivity index (χ0v) is 10.2. The monoisotopic (exact) mass is 323 g/mol. The van der Waals surface area contributed by atoms with Crippen molar-refractivity contribution in [2.75, 3.05) is 0 Å². The number of carboxylic acid groups (broad SMARTS) is 1. The summed E-state index contributed by atoms with van der Waals surface area (Å²) in [5.41, 5.74) is -0.103. The smallest absolute Gasteiger partial charge is 0.481 e. The summed E-state index contributed by atoms with van der Waals surface area (Å²) in [5, 5.41) is 17.3. The van der Waals surface area contributed by atoms with Crippen LogP contribution in [0.25, 0.3) is 0 Å². The minimum Gasteiger partial charge on any atom is -0.481 e. The van der Waals surface area contributed by atoms with Crippen molar-refractivity contribution in [3.05, 3.63) is 27.7 Å². The number of aliphatic carboxylic acids is 1. The highest BCUT2D eigenvalue weighted by atomic mass is 79.9. The number of ether oxygens (including phenoxy) is 1. The van der Waals surface area contributed by atoms with Gasteiger partial charge in [0, 0.05) is 4.47 Å². The summed E-state index contributed by atoms with van der Waals surface area (Å²) in [6.07, 6.45) is -5.43. The van der Waals surface area contributed by atoms with E-state index in [-0.39, 0.29) is 15.6 Å². The lowest BCUT2D eigenvalue weighted by atomic mass is 10.1. The van der Waals surface area contributed by atoms with Crippen molar-refractivity contribution in [1.29, 1.82) is 5.26 Å². The van der Waals surface area contributed by atoms with Crippen LogP contribution in [-0.2, 0) is 11.2 Å². The molecule has 96 valence electrons. The minimum absolute atomic E-state index is 0.0285. The minimum atomic E-state index is -4.90. The number of carboxylic acids is 1. The topological polar surface area (TPSA) is 70.3 Å². The highest BCUT2D eigenvalue weighted by molar-refractivity contribution is 9.10. The molecule has 1 rings (SSSR count). The Kier molecular flexibility index (Phi) is 4.19. The molecular weight excluding hydrogens is 319 g/mol. The number of hydrogen-bond acceptors (Lipinski definition) is 3. The van der Waals surface area contributed by atoms with E-state index in [9.17, 15) is 18.0 Å². The first kappa shape index (κ1) is 14.3. The lowest BCUT2D eigenvalue weighted by Gasteiger charge is -2.11. The van der Waals surface area contributed by atoms with Gasteiger partial charge in [0.05, 0.1) is 12.0 Å². The van der Waals surface area contributed by atoms with E-state index in [2.05, 4.69) is 20.7 Å². The van der Waals surface area contributed by atoms with Gasteiger partial charge in [-0.15, -0.1) is 13.2 Å². The number of nitrogens with zero attached hydrogens (tertiary/aromatic N) is 1. The predicted octanol–water partition coefficient (Wildman–Crippen LogP) is 2.85. The van der Waals surface area contributed by atoms with Gasteiger partial charge in [-0.2, -0.15) is 5.26 Å². The zero-order valence-electron chi connectivity index (χ0n) is 8.58. The van der Waals surface area contributed by atoms with E-state index in [1.54, 1.807) is 6.07 Å². The van der Waals surface area contributed by atoms with Gasteiger partial charge >= 0.3 is 12.3 Å². The second kappa shape index (κ2) is 5.27. The highest BCUT2D eigenvalue weighted by Crippen LogP contribution is 2.30. The van der Waals surface area contributed by atoms with Crippen LogP contribution in [0.15, 0.2) is 16.6 Å². The van der Waals surface area contributed by atoms with Crippen LogP contribution in [0.3, 0.4) is 0 Å². The Morgan fingerprint density at radius 1 is 1.50 bits per heavy atom. The fourth-order valence-electron chi connectivity index (χ4n) is 1.22. The first-order valence-corrected chi connectivity index (χ1v) is 5.22. The van der Waals surface area contributed by atoms with E-state index < -0.39 is 24.5 Å². The van der Waals surface area contributed by atoms with Crippen molar-refractivity contribution in [2.45, 2.75) is 12.8 Å². The molecule has 0 radical (unpaired) electrons. The standard InChI is InChI=1S/C10H5BrF3NO3/c11-9-5(3-8(16)17)1-7(2-6(9)4-15)18-10(12,13)14/h1-2H,3H2,(H,16,17). The van der Waals surface area contributed by atoms with E-state index in [4.69, 9.17) is 10.4 Å². The molecule has 8 heteroatoms. The van der Waals surface area contributed by atoms with Crippen molar-refractivity contribution in [3.63, 3.8) is 0 Å². The number of rotatable bonds is 3. The molecule has 0 unspecified atom stereocenters. The molecule has 0 bridgehead atoms. The molecular formula is C10H5BrF3NO3. The SMILES string of the molecule is N#Cc1cc(OC(F)(F)F)cc(CC(=O)O)c1Br. The van der Waals surface area contributed by atoms with Gasteiger partial charge in [0.25, 0.3) is 0 Å². The third kappa shape index (κ3) is 3.92. The molecule has 0 aliphatic heterocycles. The fourth-order valence-corrected chi connectivity index (χ4v) is 1.68. The molecule has 18 heavy (non-hydrogen) atoms. The van der Waals surface area contributed by atoms with E-state index >= 15 is 0 Å².